The molecule has 88 valence electrons. The SMILES string of the molecule is OC[C@@H]1CCCN1Cc1cc(Br)ccc1O. The van der Waals surface area contributed by atoms with Crippen LogP contribution in [0.25, 0.3) is 0 Å². The summed E-state index contributed by atoms with van der Waals surface area (Å²) in [4.78, 5) is 2.22. The van der Waals surface area contributed by atoms with Crippen molar-refractivity contribution in [2.75, 3.05) is 13.2 Å². The second-order valence-corrected chi connectivity index (χ2v) is 5.14. The highest BCUT2D eigenvalue weighted by Gasteiger charge is 2.24. The van der Waals surface area contributed by atoms with E-state index in [1.807, 2.05) is 12.1 Å². The molecule has 1 saturated heterocycles. The van der Waals surface area contributed by atoms with Crippen LogP contribution in [0.15, 0.2) is 22.7 Å². The summed E-state index contributed by atoms with van der Waals surface area (Å²) in [5.74, 6) is 0.326. The molecule has 2 rings (SSSR count). The fraction of sp³-hybridized carbons (Fsp3) is 0.500. The number of halogens is 1. The van der Waals surface area contributed by atoms with E-state index in [1.165, 1.54) is 0 Å². The second-order valence-electron chi connectivity index (χ2n) is 4.22. The van der Waals surface area contributed by atoms with Gasteiger partial charge in [-0.05, 0) is 37.6 Å². The van der Waals surface area contributed by atoms with Crippen molar-refractivity contribution >= 4 is 15.9 Å². The first-order valence-electron chi connectivity index (χ1n) is 5.53. The fourth-order valence-corrected chi connectivity index (χ4v) is 2.62. The van der Waals surface area contributed by atoms with Gasteiger partial charge in [0, 0.05) is 22.6 Å². The maximum atomic E-state index is 9.74. The van der Waals surface area contributed by atoms with Crippen molar-refractivity contribution in [3.63, 3.8) is 0 Å². The number of aliphatic hydroxyl groups is 1. The van der Waals surface area contributed by atoms with Crippen LogP contribution < -0.4 is 0 Å². The van der Waals surface area contributed by atoms with Crippen molar-refractivity contribution < 1.29 is 10.2 Å². The molecule has 1 aliphatic rings. The third kappa shape index (κ3) is 2.56. The van der Waals surface area contributed by atoms with E-state index >= 15 is 0 Å². The van der Waals surface area contributed by atoms with E-state index in [2.05, 4.69) is 20.8 Å². The largest absolute Gasteiger partial charge is 0.508 e. The fourth-order valence-electron chi connectivity index (χ4n) is 2.21. The second kappa shape index (κ2) is 5.17. The van der Waals surface area contributed by atoms with Crippen molar-refractivity contribution in [3.8, 4) is 5.75 Å². The van der Waals surface area contributed by atoms with E-state index in [0.29, 0.717) is 12.3 Å². The van der Waals surface area contributed by atoms with Gasteiger partial charge in [-0.3, -0.25) is 4.90 Å². The highest BCUT2D eigenvalue weighted by Crippen LogP contribution is 2.26. The number of aromatic hydroxyl groups is 1. The molecule has 0 aromatic heterocycles. The first kappa shape index (κ1) is 11.9. The molecule has 4 heteroatoms. The van der Waals surface area contributed by atoms with E-state index in [1.54, 1.807) is 6.07 Å². The van der Waals surface area contributed by atoms with Crippen LogP contribution in [0.1, 0.15) is 18.4 Å². The molecule has 1 aromatic carbocycles. The zero-order valence-corrected chi connectivity index (χ0v) is 10.7. The number of phenols is 1. The Kier molecular flexibility index (Phi) is 3.84. The molecule has 0 unspecified atom stereocenters. The van der Waals surface area contributed by atoms with Crippen LogP contribution in [0.3, 0.4) is 0 Å². The lowest BCUT2D eigenvalue weighted by Crippen LogP contribution is -2.31. The standard InChI is InChI=1S/C12H16BrNO2/c13-10-3-4-12(16)9(6-10)7-14-5-1-2-11(14)8-15/h3-4,6,11,15-16H,1-2,5,7-8H2/t11-/m0/s1. The van der Waals surface area contributed by atoms with Crippen LogP contribution in [-0.2, 0) is 6.54 Å². The summed E-state index contributed by atoms with van der Waals surface area (Å²) >= 11 is 3.40. The monoisotopic (exact) mass is 285 g/mol. The van der Waals surface area contributed by atoms with Crippen molar-refractivity contribution in [1.29, 1.82) is 0 Å². The first-order valence-corrected chi connectivity index (χ1v) is 6.32. The lowest BCUT2D eigenvalue weighted by Gasteiger charge is -2.23. The average Bonchev–Trinajstić information content (AvgIpc) is 2.71. The number of hydrogen-bond acceptors (Lipinski definition) is 3. The number of benzene rings is 1. The Hall–Kier alpha value is -0.580. The van der Waals surface area contributed by atoms with Gasteiger partial charge in [0.15, 0.2) is 0 Å². The molecule has 2 N–H and O–H groups in total. The van der Waals surface area contributed by atoms with Crippen LogP contribution in [-0.4, -0.2) is 34.3 Å². The lowest BCUT2D eigenvalue weighted by molar-refractivity contribution is 0.152. The predicted molar refractivity (Wildman–Crippen MR) is 66.3 cm³/mol. The molecule has 0 bridgehead atoms. The molecule has 0 aliphatic carbocycles. The molecular formula is C12H16BrNO2. The van der Waals surface area contributed by atoms with Gasteiger partial charge in [0.2, 0.25) is 0 Å². The molecule has 1 aromatic rings. The predicted octanol–water partition coefficient (Wildman–Crippen LogP) is 2.11. The quantitative estimate of drug-likeness (QED) is 0.894. The van der Waals surface area contributed by atoms with Gasteiger partial charge >= 0.3 is 0 Å². The van der Waals surface area contributed by atoms with Crippen molar-refractivity contribution in [1.82, 2.24) is 4.90 Å². The van der Waals surface area contributed by atoms with E-state index in [-0.39, 0.29) is 12.6 Å². The Morgan fingerprint density at radius 3 is 3.00 bits per heavy atom. The Balaban J connectivity index is 2.11. The molecular weight excluding hydrogens is 270 g/mol. The number of phenolic OH excluding ortho intramolecular Hbond substituents is 1. The third-order valence-corrected chi connectivity index (χ3v) is 3.62. The summed E-state index contributed by atoms with van der Waals surface area (Å²) in [6.07, 6.45) is 2.17. The lowest BCUT2D eigenvalue weighted by atomic mass is 10.1. The molecule has 0 spiro atoms. The van der Waals surface area contributed by atoms with E-state index in [0.717, 1.165) is 29.4 Å². The maximum Gasteiger partial charge on any atom is 0.120 e. The van der Waals surface area contributed by atoms with Gasteiger partial charge in [-0.1, -0.05) is 15.9 Å². The summed E-state index contributed by atoms with van der Waals surface area (Å²) in [5, 5.41) is 19.0. The Morgan fingerprint density at radius 1 is 1.44 bits per heavy atom. The molecule has 0 radical (unpaired) electrons. The minimum Gasteiger partial charge on any atom is -0.508 e. The zero-order valence-electron chi connectivity index (χ0n) is 9.06. The molecule has 1 fully saturated rings. The van der Waals surface area contributed by atoms with Gasteiger partial charge in [-0.2, -0.15) is 0 Å². The van der Waals surface area contributed by atoms with Crippen molar-refractivity contribution in [2.45, 2.75) is 25.4 Å². The van der Waals surface area contributed by atoms with Crippen LogP contribution in [0.4, 0.5) is 0 Å². The summed E-state index contributed by atoms with van der Waals surface area (Å²) in [7, 11) is 0. The molecule has 1 heterocycles. The third-order valence-electron chi connectivity index (χ3n) is 3.12. The molecule has 16 heavy (non-hydrogen) atoms. The summed E-state index contributed by atoms with van der Waals surface area (Å²) in [6, 6.07) is 5.70. The van der Waals surface area contributed by atoms with Crippen LogP contribution in [0.2, 0.25) is 0 Å². The minimum absolute atomic E-state index is 0.203. The number of aliphatic hydroxyl groups excluding tert-OH is 1. The van der Waals surface area contributed by atoms with Gasteiger partial charge in [0.05, 0.1) is 6.61 Å². The van der Waals surface area contributed by atoms with Crippen LogP contribution in [0, 0.1) is 0 Å². The Labute approximate surface area is 104 Å². The van der Waals surface area contributed by atoms with E-state index < -0.39 is 0 Å². The smallest absolute Gasteiger partial charge is 0.120 e. The molecule has 0 saturated carbocycles. The average molecular weight is 286 g/mol. The maximum absolute atomic E-state index is 9.74. The van der Waals surface area contributed by atoms with Gasteiger partial charge in [0.1, 0.15) is 5.75 Å². The van der Waals surface area contributed by atoms with Gasteiger partial charge < -0.3 is 10.2 Å². The molecule has 1 atom stereocenters. The first-order chi connectivity index (χ1) is 7.70. The molecule has 1 aliphatic heterocycles. The van der Waals surface area contributed by atoms with Crippen LogP contribution in [0.5, 0.6) is 5.75 Å². The summed E-state index contributed by atoms with van der Waals surface area (Å²) in [5.41, 5.74) is 0.912. The summed E-state index contributed by atoms with van der Waals surface area (Å²) < 4.78 is 0.972. The van der Waals surface area contributed by atoms with Crippen molar-refractivity contribution in [2.24, 2.45) is 0 Å². The van der Waals surface area contributed by atoms with Gasteiger partial charge in [-0.25, -0.2) is 0 Å². The molecule has 0 amide bonds. The summed E-state index contributed by atoms with van der Waals surface area (Å²) in [6.45, 7) is 1.91. The Bertz CT molecular complexity index is 370. The van der Waals surface area contributed by atoms with E-state index in [4.69, 9.17) is 0 Å². The van der Waals surface area contributed by atoms with Gasteiger partial charge in [0.25, 0.3) is 0 Å². The highest BCUT2D eigenvalue weighted by atomic mass is 79.9. The van der Waals surface area contributed by atoms with Crippen LogP contribution >= 0.6 is 15.9 Å². The topological polar surface area (TPSA) is 43.7 Å². The highest BCUT2D eigenvalue weighted by molar-refractivity contribution is 9.10. The minimum atomic E-state index is 0.203. The molecule has 3 nitrogen and oxygen atoms in total. The number of likely N-dealkylation sites (tertiary alicyclic amines) is 1. The Morgan fingerprint density at radius 2 is 2.25 bits per heavy atom. The number of nitrogens with zero attached hydrogens (tertiary/aromatic N) is 1. The van der Waals surface area contributed by atoms with E-state index in [9.17, 15) is 10.2 Å². The van der Waals surface area contributed by atoms with Crippen molar-refractivity contribution in [3.05, 3.63) is 28.2 Å². The zero-order chi connectivity index (χ0) is 11.5. The normalized spacial score (nSPS) is 21.5. The van der Waals surface area contributed by atoms with Gasteiger partial charge in [-0.15, -0.1) is 0 Å². The number of rotatable bonds is 3. The number of hydrogen-bond donors (Lipinski definition) is 2.